The fourth-order valence-corrected chi connectivity index (χ4v) is 3.57. The predicted octanol–water partition coefficient (Wildman–Crippen LogP) is 3.39. The van der Waals surface area contributed by atoms with Crippen LogP contribution in [0.3, 0.4) is 0 Å². The van der Waals surface area contributed by atoms with Crippen LogP contribution >= 0.6 is 0 Å². The van der Waals surface area contributed by atoms with Crippen LogP contribution in [0.15, 0.2) is 42.5 Å². The van der Waals surface area contributed by atoms with E-state index in [-0.39, 0.29) is 17.8 Å². The molecule has 0 radical (unpaired) electrons. The molecule has 0 aliphatic carbocycles. The fourth-order valence-electron chi connectivity index (χ4n) is 3.57. The van der Waals surface area contributed by atoms with Crippen LogP contribution in [0.5, 0.6) is 0 Å². The Labute approximate surface area is 172 Å². The van der Waals surface area contributed by atoms with E-state index in [0.29, 0.717) is 6.54 Å². The molecule has 29 heavy (non-hydrogen) atoms. The van der Waals surface area contributed by atoms with Crippen LogP contribution in [0.1, 0.15) is 25.0 Å². The van der Waals surface area contributed by atoms with Crippen LogP contribution in [0.25, 0.3) is 0 Å². The minimum atomic E-state index is -0.368. The van der Waals surface area contributed by atoms with E-state index in [1.165, 1.54) is 17.8 Å². The minimum Gasteiger partial charge on any atom is -0.374 e. The topological polar surface area (TPSA) is 47.6 Å². The van der Waals surface area contributed by atoms with Gasteiger partial charge in [-0.05, 0) is 61.9 Å². The van der Waals surface area contributed by atoms with Crippen LogP contribution in [-0.4, -0.2) is 49.6 Å². The summed E-state index contributed by atoms with van der Waals surface area (Å²) in [6.45, 7) is 11.9. The van der Waals surface area contributed by atoms with Crippen molar-refractivity contribution in [3.05, 3.63) is 59.4 Å². The third-order valence-electron chi connectivity index (χ3n) is 5.54. The van der Waals surface area contributed by atoms with Crippen molar-refractivity contribution in [3.8, 4) is 0 Å². The molecule has 5 nitrogen and oxygen atoms in total. The number of hydrogen-bond acceptors (Lipinski definition) is 4. The first-order valence-corrected chi connectivity index (χ1v) is 10.3. The molecule has 1 fully saturated rings. The van der Waals surface area contributed by atoms with Gasteiger partial charge in [-0.2, -0.15) is 0 Å². The summed E-state index contributed by atoms with van der Waals surface area (Å²) in [7, 11) is 0. The van der Waals surface area contributed by atoms with Crippen molar-refractivity contribution in [2.75, 3.05) is 42.9 Å². The van der Waals surface area contributed by atoms with Crippen molar-refractivity contribution < 1.29 is 9.18 Å². The lowest BCUT2D eigenvalue weighted by atomic mass is 10.1. The van der Waals surface area contributed by atoms with E-state index in [4.69, 9.17) is 0 Å². The quantitative estimate of drug-likeness (QED) is 0.751. The van der Waals surface area contributed by atoms with Crippen molar-refractivity contribution in [2.45, 2.75) is 33.4 Å². The molecule has 1 atom stereocenters. The third-order valence-corrected chi connectivity index (χ3v) is 5.54. The zero-order valence-corrected chi connectivity index (χ0v) is 17.5. The third kappa shape index (κ3) is 5.70. The molecule has 1 saturated heterocycles. The number of anilines is 2. The summed E-state index contributed by atoms with van der Waals surface area (Å²) in [6, 6.07) is 12.2. The molecule has 0 bridgehead atoms. The molecule has 156 valence electrons. The lowest BCUT2D eigenvalue weighted by Crippen LogP contribution is -2.46. The second kappa shape index (κ2) is 9.74. The molecule has 1 unspecified atom stereocenters. The zero-order chi connectivity index (χ0) is 20.8. The van der Waals surface area contributed by atoms with Gasteiger partial charge in [-0.15, -0.1) is 0 Å². The van der Waals surface area contributed by atoms with Gasteiger partial charge in [0.25, 0.3) is 0 Å². The molecule has 2 aromatic carbocycles. The van der Waals surface area contributed by atoms with Crippen molar-refractivity contribution in [1.29, 1.82) is 0 Å². The highest BCUT2D eigenvalue weighted by Gasteiger charge is 2.17. The normalized spacial score (nSPS) is 15.8. The average Bonchev–Trinajstić information content (AvgIpc) is 2.74. The summed E-state index contributed by atoms with van der Waals surface area (Å²) >= 11 is 0. The summed E-state index contributed by atoms with van der Waals surface area (Å²) in [4.78, 5) is 17.3. The molecule has 0 aromatic heterocycles. The van der Waals surface area contributed by atoms with Gasteiger partial charge in [0.15, 0.2) is 0 Å². The summed E-state index contributed by atoms with van der Waals surface area (Å²) in [5.41, 5.74) is 4.19. The van der Waals surface area contributed by atoms with E-state index in [1.807, 2.05) is 6.92 Å². The lowest BCUT2D eigenvalue weighted by Gasteiger charge is -2.35. The van der Waals surface area contributed by atoms with Gasteiger partial charge in [0.1, 0.15) is 11.9 Å². The standard InChI is InChI=1S/C23H31FN4O/c1-4-27-11-13-28(14-12-27)21-9-10-22(17(2)15-21)26-18(3)23(29)25-16-19-5-7-20(24)8-6-19/h5-10,15,18,26H,4,11-14,16H2,1-3H3,(H,25,29). The molecule has 2 aromatic rings. The summed E-state index contributed by atoms with van der Waals surface area (Å²) in [6.07, 6.45) is 0. The number of benzene rings is 2. The number of rotatable bonds is 7. The van der Waals surface area contributed by atoms with Gasteiger partial charge in [0.2, 0.25) is 5.91 Å². The number of likely N-dealkylation sites (N-methyl/N-ethyl adjacent to an activating group) is 1. The number of halogens is 1. The fraction of sp³-hybridized carbons (Fsp3) is 0.435. The molecule has 6 heteroatoms. The maximum absolute atomic E-state index is 13.0. The predicted molar refractivity (Wildman–Crippen MR) is 117 cm³/mol. The second-order valence-electron chi connectivity index (χ2n) is 7.63. The Bertz CT molecular complexity index is 816. The molecule has 1 amide bonds. The Balaban J connectivity index is 1.53. The lowest BCUT2D eigenvalue weighted by molar-refractivity contribution is -0.121. The molecule has 2 N–H and O–H groups in total. The number of carbonyl (C=O) groups excluding carboxylic acids is 1. The van der Waals surface area contributed by atoms with Crippen molar-refractivity contribution in [3.63, 3.8) is 0 Å². The number of carbonyl (C=O) groups is 1. The molecule has 3 rings (SSSR count). The number of piperazine rings is 1. The average molecular weight is 399 g/mol. The van der Waals surface area contributed by atoms with E-state index >= 15 is 0 Å². The molecule has 0 spiro atoms. The van der Waals surface area contributed by atoms with Gasteiger partial charge in [0, 0.05) is 44.1 Å². The first kappa shape index (κ1) is 21.1. The Morgan fingerprint density at radius 2 is 1.79 bits per heavy atom. The van der Waals surface area contributed by atoms with Crippen LogP contribution < -0.4 is 15.5 Å². The van der Waals surface area contributed by atoms with E-state index in [1.54, 1.807) is 12.1 Å². The van der Waals surface area contributed by atoms with Crippen molar-refractivity contribution >= 4 is 17.3 Å². The zero-order valence-electron chi connectivity index (χ0n) is 17.5. The summed E-state index contributed by atoms with van der Waals surface area (Å²) in [5.74, 6) is -0.366. The summed E-state index contributed by atoms with van der Waals surface area (Å²) < 4.78 is 13.0. The first-order chi connectivity index (χ1) is 14.0. The molecular formula is C23H31FN4O. The van der Waals surface area contributed by atoms with Gasteiger partial charge >= 0.3 is 0 Å². The first-order valence-electron chi connectivity index (χ1n) is 10.3. The number of nitrogens with zero attached hydrogens (tertiary/aromatic N) is 2. The minimum absolute atomic E-state index is 0.0894. The SMILES string of the molecule is CCN1CCN(c2ccc(NC(C)C(=O)NCc3ccc(F)cc3)c(C)c2)CC1. The van der Waals surface area contributed by atoms with E-state index in [0.717, 1.165) is 49.5 Å². The van der Waals surface area contributed by atoms with E-state index in [2.05, 4.69) is 52.5 Å². The number of amides is 1. The number of aryl methyl sites for hydroxylation is 1. The van der Waals surface area contributed by atoms with E-state index < -0.39 is 0 Å². The van der Waals surface area contributed by atoms with Crippen molar-refractivity contribution in [1.82, 2.24) is 10.2 Å². The smallest absolute Gasteiger partial charge is 0.242 e. The van der Waals surface area contributed by atoms with Gasteiger partial charge in [-0.3, -0.25) is 4.79 Å². The van der Waals surface area contributed by atoms with Gasteiger partial charge < -0.3 is 20.4 Å². The maximum atomic E-state index is 13.0. The van der Waals surface area contributed by atoms with Gasteiger partial charge in [-0.25, -0.2) is 4.39 Å². The van der Waals surface area contributed by atoms with Gasteiger partial charge in [0.05, 0.1) is 0 Å². The Morgan fingerprint density at radius 1 is 1.10 bits per heavy atom. The summed E-state index contributed by atoms with van der Waals surface area (Å²) in [5, 5.41) is 6.20. The highest BCUT2D eigenvalue weighted by atomic mass is 19.1. The molecule has 1 aliphatic heterocycles. The van der Waals surface area contributed by atoms with Crippen LogP contribution in [0.4, 0.5) is 15.8 Å². The highest BCUT2D eigenvalue weighted by molar-refractivity contribution is 5.84. The number of nitrogens with one attached hydrogen (secondary N) is 2. The van der Waals surface area contributed by atoms with Crippen LogP contribution in [0.2, 0.25) is 0 Å². The number of hydrogen-bond donors (Lipinski definition) is 2. The van der Waals surface area contributed by atoms with Gasteiger partial charge in [-0.1, -0.05) is 19.1 Å². The van der Waals surface area contributed by atoms with Crippen LogP contribution in [0, 0.1) is 12.7 Å². The van der Waals surface area contributed by atoms with E-state index in [9.17, 15) is 9.18 Å². The Morgan fingerprint density at radius 3 is 2.41 bits per heavy atom. The molecule has 1 heterocycles. The molecular weight excluding hydrogens is 367 g/mol. The monoisotopic (exact) mass is 398 g/mol. The largest absolute Gasteiger partial charge is 0.374 e. The highest BCUT2D eigenvalue weighted by Crippen LogP contribution is 2.24. The second-order valence-corrected chi connectivity index (χ2v) is 7.63. The van der Waals surface area contributed by atoms with Crippen LogP contribution in [-0.2, 0) is 11.3 Å². The molecule has 1 aliphatic rings. The Hall–Kier alpha value is -2.60. The maximum Gasteiger partial charge on any atom is 0.242 e. The Kier molecular flexibility index (Phi) is 7.09. The van der Waals surface area contributed by atoms with Crippen molar-refractivity contribution in [2.24, 2.45) is 0 Å². The molecule has 0 saturated carbocycles.